The molecule has 0 aromatic heterocycles. The molecule has 1 amide bonds. The molecule has 1 saturated carbocycles. The highest BCUT2D eigenvalue weighted by molar-refractivity contribution is 14.1. The second-order valence-electron chi connectivity index (χ2n) is 4.45. The van der Waals surface area contributed by atoms with Crippen LogP contribution in [-0.2, 0) is 0 Å². The molecule has 1 aliphatic rings. The quantitative estimate of drug-likeness (QED) is 0.847. The van der Waals surface area contributed by atoms with Gasteiger partial charge in [0, 0.05) is 14.7 Å². The molecule has 0 bridgehead atoms. The summed E-state index contributed by atoms with van der Waals surface area (Å²) in [6.07, 6.45) is 4.52. The van der Waals surface area contributed by atoms with E-state index in [0.29, 0.717) is 0 Å². The number of benzene rings is 1. The summed E-state index contributed by atoms with van der Waals surface area (Å²) < 4.78 is 1.16. The molecule has 1 aromatic rings. The highest BCUT2D eigenvalue weighted by Crippen LogP contribution is 2.34. The minimum Gasteiger partial charge on any atom is -0.347 e. The van der Waals surface area contributed by atoms with E-state index in [-0.39, 0.29) is 11.4 Å². The maximum atomic E-state index is 12.0. The van der Waals surface area contributed by atoms with Gasteiger partial charge in [-0.15, -0.1) is 0 Å². The summed E-state index contributed by atoms with van der Waals surface area (Å²) in [6.45, 7) is 2.15. The summed E-state index contributed by atoms with van der Waals surface area (Å²) in [7, 11) is 0. The molecule has 1 N–H and O–H groups in total. The molecule has 2 nitrogen and oxygen atoms in total. The molecule has 1 aliphatic carbocycles. The molecule has 1 aromatic carbocycles. The van der Waals surface area contributed by atoms with Crippen LogP contribution in [0.15, 0.2) is 24.3 Å². The highest BCUT2D eigenvalue weighted by atomic mass is 127. The van der Waals surface area contributed by atoms with Crippen molar-refractivity contribution in [2.24, 2.45) is 0 Å². The van der Waals surface area contributed by atoms with Crippen molar-refractivity contribution in [3.05, 3.63) is 33.4 Å². The Morgan fingerprint density at radius 2 is 2.00 bits per heavy atom. The van der Waals surface area contributed by atoms with E-state index in [1.807, 2.05) is 24.3 Å². The molecular formula is C13H16INO. The van der Waals surface area contributed by atoms with Crippen LogP contribution in [0.2, 0.25) is 0 Å². The first-order valence-electron chi connectivity index (χ1n) is 5.73. The summed E-state index contributed by atoms with van der Waals surface area (Å²) in [5.74, 6) is 0.0675. The number of carbonyl (C=O) groups excluding carboxylic acids is 1. The van der Waals surface area contributed by atoms with Gasteiger partial charge in [0.2, 0.25) is 0 Å². The van der Waals surface area contributed by atoms with Crippen LogP contribution in [0.5, 0.6) is 0 Å². The average molecular weight is 329 g/mol. The third kappa shape index (κ3) is 2.39. The van der Waals surface area contributed by atoms with Gasteiger partial charge in [0.15, 0.2) is 0 Å². The van der Waals surface area contributed by atoms with Gasteiger partial charge in [0.1, 0.15) is 0 Å². The molecule has 0 radical (unpaired) electrons. The summed E-state index contributed by atoms with van der Waals surface area (Å²) in [4.78, 5) is 12.0. The van der Waals surface area contributed by atoms with E-state index < -0.39 is 0 Å². The van der Waals surface area contributed by atoms with Crippen molar-refractivity contribution in [2.45, 2.75) is 38.1 Å². The van der Waals surface area contributed by atoms with Crippen molar-refractivity contribution >= 4 is 28.5 Å². The average Bonchev–Trinajstić information content (AvgIpc) is 2.24. The van der Waals surface area contributed by atoms with Crippen molar-refractivity contribution in [1.29, 1.82) is 0 Å². The first kappa shape index (κ1) is 11.9. The maximum absolute atomic E-state index is 12.0. The van der Waals surface area contributed by atoms with Gasteiger partial charge in [-0.2, -0.15) is 0 Å². The minimum absolute atomic E-state index is 0.0675. The molecular weight excluding hydrogens is 313 g/mol. The Morgan fingerprint density at radius 1 is 1.38 bits per heavy atom. The molecule has 0 aliphatic heterocycles. The molecule has 2 rings (SSSR count). The van der Waals surface area contributed by atoms with Crippen molar-refractivity contribution in [3.63, 3.8) is 0 Å². The van der Waals surface area contributed by atoms with Gasteiger partial charge in [-0.1, -0.05) is 6.92 Å². The Labute approximate surface area is 110 Å². The van der Waals surface area contributed by atoms with Gasteiger partial charge in [0.25, 0.3) is 5.91 Å². The van der Waals surface area contributed by atoms with Crippen LogP contribution >= 0.6 is 22.6 Å². The van der Waals surface area contributed by atoms with Crippen molar-refractivity contribution in [1.82, 2.24) is 5.32 Å². The molecule has 16 heavy (non-hydrogen) atoms. The van der Waals surface area contributed by atoms with Crippen LogP contribution in [-0.4, -0.2) is 11.4 Å². The van der Waals surface area contributed by atoms with Crippen LogP contribution in [0.25, 0.3) is 0 Å². The number of halogens is 1. The third-order valence-electron chi connectivity index (χ3n) is 3.47. The van der Waals surface area contributed by atoms with Gasteiger partial charge in [-0.05, 0) is 72.5 Å². The van der Waals surface area contributed by atoms with Crippen molar-refractivity contribution < 1.29 is 4.79 Å². The van der Waals surface area contributed by atoms with Crippen LogP contribution < -0.4 is 5.32 Å². The second-order valence-corrected chi connectivity index (χ2v) is 5.69. The van der Waals surface area contributed by atoms with Crippen molar-refractivity contribution in [3.8, 4) is 0 Å². The molecule has 1 fully saturated rings. The summed E-state index contributed by atoms with van der Waals surface area (Å²) in [5, 5.41) is 3.17. The third-order valence-corrected chi connectivity index (χ3v) is 4.19. The summed E-state index contributed by atoms with van der Waals surface area (Å²) >= 11 is 2.24. The molecule has 0 saturated heterocycles. The lowest BCUT2D eigenvalue weighted by atomic mass is 9.74. The topological polar surface area (TPSA) is 29.1 Å². The molecule has 0 heterocycles. The van der Waals surface area contributed by atoms with Gasteiger partial charge in [0.05, 0.1) is 0 Å². The lowest BCUT2D eigenvalue weighted by molar-refractivity contribution is 0.0820. The van der Waals surface area contributed by atoms with Gasteiger partial charge < -0.3 is 5.32 Å². The maximum Gasteiger partial charge on any atom is 0.251 e. The number of hydrogen-bond acceptors (Lipinski definition) is 1. The molecule has 0 atom stereocenters. The van der Waals surface area contributed by atoms with Crippen LogP contribution in [0.1, 0.15) is 43.0 Å². The minimum atomic E-state index is 0.0675. The fraction of sp³-hybridized carbons (Fsp3) is 0.462. The van der Waals surface area contributed by atoms with E-state index in [2.05, 4.69) is 34.8 Å². The fourth-order valence-electron chi connectivity index (χ4n) is 2.08. The first-order chi connectivity index (χ1) is 7.65. The van der Waals surface area contributed by atoms with E-state index in [1.165, 1.54) is 6.42 Å². The number of rotatable bonds is 3. The lowest BCUT2D eigenvalue weighted by Gasteiger charge is -2.42. The number of amides is 1. The Balaban J connectivity index is 2.05. The Bertz CT molecular complexity index is 376. The predicted octanol–water partition coefficient (Wildman–Crippen LogP) is 3.35. The van der Waals surface area contributed by atoms with E-state index in [0.717, 1.165) is 28.4 Å². The standard InChI is InChI=1S/C13H16INO/c1-2-13(8-3-9-13)15-12(16)10-4-6-11(14)7-5-10/h4-7H,2-3,8-9H2,1H3,(H,15,16). The zero-order valence-corrected chi connectivity index (χ0v) is 11.6. The zero-order chi connectivity index (χ0) is 11.6. The van der Waals surface area contributed by atoms with E-state index >= 15 is 0 Å². The zero-order valence-electron chi connectivity index (χ0n) is 9.42. The van der Waals surface area contributed by atoms with Gasteiger partial charge >= 0.3 is 0 Å². The summed E-state index contributed by atoms with van der Waals surface area (Å²) in [6, 6.07) is 7.71. The molecule has 0 unspecified atom stereocenters. The Kier molecular flexibility index (Phi) is 3.52. The number of nitrogens with one attached hydrogen (secondary N) is 1. The van der Waals surface area contributed by atoms with E-state index in [1.54, 1.807) is 0 Å². The van der Waals surface area contributed by atoms with E-state index in [9.17, 15) is 4.79 Å². The summed E-state index contributed by atoms with van der Waals surface area (Å²) in [5.41, 5.74) is 0.847. The van der Waals surface area contributed by atoms with Crippen LogP contribution in [0, 0.1) is 3.57 Å². The predicted molar refractivity (Wildman–Crippen MR) is 73.5 cm³/mol. The van der Waals surface area contributed by atoms with Crippen molar-refractivity contribution in [2.75, 3.05) is 0 Å². The second kappa shape index (κ2) is 4.73. The molecule has 86 valence electrons. The SMILES string of the molecule is CCC1(NC(=O)c2ccc(I)cc2)CCC1. The highest BCUT2D eigenvalue weighted by Gasteiger charge is 2.36. The first-order valence-corrected chi connectivity index (χ1v) is 6.81. The Morgan fingerprint density at radius 3 is 2.44 bits per heavy atom. The molecule has 0 spiro atoms. The monoisotopic (exact) mass is 329 g/mol. The van der Waals surface area contributed by atoms with Gasteiger partial charge in [-0.25, -0.2) is 0 Å². The normalized spacial score (nSPS) is 17.6. The van der Waals surface area contributed by atoms with Crippen LogP contribution in [0.4, 0.5) is 0 Å². The number of hydrogen-bond donors (Lipinski definition) is 1. The van der Waals surface area contributed by atoms with Crippen LogP contribution in [0.3, 0.4) is 0 Å². The Hall–Kier alpha value is -0.580. The lowest BCUT2D eigenvalue weighted by Crippen LogP contribution is -2.52. The van der Waals surface area contributed by atoms with E-state index in [4.69, 9.17) is 0 Å². The molecule has 3 heteroatoms. The smallest absolute Gasteiger partial charge is 0.251 e. The van der Waals surface area contributed by atoms with Gasteiger partial charge in [-0.3, -0.25) is 4.79 Å². The fourth-order valence-corrected chi connectivity index (χ4v) is 2.44. The largest absolute Gasteiger partial charge is 0.347 e. The number of carbonyl (C=O) groups is 1.